The Balaban J connectivity index is 3.72. The highest BCUT2D eigenvalue weighted by atomic mass is 16.2. The van der Waals surface area contributed by atoms with Crippen LogP contribution >= 0.6 is 0 Å². The first-order valence-corrected chi connectivity index (χ1v) is 5.03. The number of Topliss-reactive ketones (excluding diaryl/α,β-unsaturated/α-hetero) is 1. The van der Waals surface area contributed by atoms with Gasteiger partial charge in [-0.3, -0.25) is 4.79 Å². The number of hydrogen-bond donors (Lipinski definition) is 2. The smallest absolute Gasteiger partial charge is 0.220 e. The summed E-state index contributed by atoms with van der Waals surface area (Å²) in [5.41, 5.74) is 0. The Morgan fingerprint density at radius 3 is 2.36 bits per heavy atom. The average molecular weight is 200 g/mol. The minimum Gasteiger partial charge on any atom is -0.352 e. The van der Waals surface area contributed by atoms with Crippen LogP contribution in [0.5, 0.6) is 0 Å². The Bertz CT molecular complexity index is 193. The lowest BCUT2D eigenvalue weighted by atomic mass is 10.2. The number of carbonyl (C=O) groups is 2. The van der Waals surface area contributed by atoms with Crippen molar-refractivity contribution in [3.63, 3.8) is 0 Å². The van der Waals surface area contributed by atoms with E-state index in [1.807, 2.05) is 14.0 Å². The molecule has 0 bridgehead atoms. The number of nitrogens with one attached hydrogen (secondary N) is 2. The summed E-state index contributed by atoms with van der Waals surface area (Å²) >= 11 is 0. The zero-order chi connectivity index (χ0) is 11.0. The quantitative estimate of drug-likeness (QED) is 0.628. The molecule has 0 fully saturated rings. The van der Waals surface area contributed by atoms with Gasteiger partial charge in [-0.2, -0.15) is 0 Å². The summed E-state index contributed by atoms with van der Waals surface area (Å²) in [4.78, 5) is 21.9. The highest BCUT2D eigenvalue weighted by Crippen LogP contribution is 1.94. The molecule has 2 N–H and O–H groups in total. The summed E-state index contributed by atoms with van der Waals surface area (Å²) in [6.45, 7) is 4.29. The van der Waals surface area contributed by atoms with Crippen molar-refractivity contribution in [2.45, 2.75) is 39.2 Å². The molecular formula is C10H20N2O2. The predicted octanol–water partition coefficient (Wildman–Crippen LogP) is 0.470. The van der Waals surface area contributed by atoms with Crippen molar-refractivity contribution >= 4 is 11.7 Å². The maximum atomic E-state index is 11.3. The highest BCUT2D eigenvalue weighted by molar-refractivity contribution is 5.83. The van der Waals surface area contributed by atoms with Crippen LogP contribution in [-0.2, 0) is 9.59 Å². The van der Waals surface area contributed by atoms with Crippen molar-refractivity contribution < 1.29 is 9.59 Å². The Hall–Kier alpha value is -0.900. The van der Waals surface area contributed by atoms with Crippen molar-refractivity contribution in [3.05, 3.63) is 0 Å². The van der Waals surface area contributed by atoms with E-state index < -0.39 is 0 Å². The first-order chi connectivity index (χ1) is 6.60. The summed E-state index contributed by atoms with van der Waals surface area (Å²) < 4.78 is 0. The monoisotopic (exact) mass is 200 g/mol. The summed E-state index contributed by atoms with van der Waals surface area (Å²) in [7, 11) is 1.85. The molecule has 0 saturated carbocycles. The lowest BCUT2D eigenvalue weighted by molar-refractivity contribution is -0.125. The first kappa shape index (κ1) is 13.1. The van der Waals surface area contributed by atoms with Gasteiger partial charge in [0.2, 0.25) is 5.91 Å². The number of likely N-dealkylation sites (N-methyl/N-ethyl adjacent to an activating group) is 1. The third kappa shape index (κ3) is 6.60. The second kappa shape index (κ2) is 7.50. The van der Waals surface area contributed by atoms with Crippen molar-refractivity contribution in [3.8, 4) is 0 Å². The summed E-state index contributed by atoms with van der Waals surface area (Å²) in [5.74, 6) is 0.0177. The molecular weight excluding hydrogens is 180 g/mol. The fourth-order valence-corrected chi connectivity index (χ4v) is 1.13. The topological polar surface area (TPSA) is 58.2 Å². The second-order valence-electron chi connectivity index (χ2n) is 3.43. The highest BCUT2D eigenvalue weighted by Gasteiger charge is 2.09. The molecule has 1 atom stereocenters. The van der Waals surface area contributed by atoms with Crippen LogP contribution in [0.3, 0.4) is 0 Å². The fraction of sp³-hybridized carbons (Fsp3) is 0.800. The van der Waals surface area contributed by atoms with Gasteiger partial charge >= 0.3 is 0 Å². The van der Waals surface area contributed by atoms with E-state index >= 15 is 0 Å². The molecule has 1 unspecified atom stereocenters. The third-order valence-electron chi connectivity index (χ3n) is 2.01. The molecule has 0 saturated heterocycles. The normalized spacial score (nSPS) is 12.2. The molecule has 0 heterocycles. The van der Waals surface area contributed by atoms with E-state index in [-0.39, 0.29) is 17.7 Å². The fourth-order valence-electron chi connectivity index (χ4n) is 1.13. The van der Waals surface area contributed by atoms with Crippen LogP contribution < -0.4 is 10.6 Å². The summed E-state index contributed by atoms with van der Waals surface area (Å²) in [5, 5.41) is 5.88. The molecule has 0 aromatic carbocycles. The number of rotatable bonds is 7. The standard InChI is InChI=1S/C10H20N2O2/c1-4-9(7-11-3)12-10(14)6-5-8(2)13/h9,11H,4-7H2,1-3H3,(H,12,14). The van der Waals surface area contributed by atoms with Gasteiger partial charge < -0.3 is 15.4 Å². The van der Waals surface area contributed by atoms with Gasteiger partial charge in [-0.15, -0.1) is 0 Å². The number of ketones is 1. The molecule has 82 valence electrons. The zero-order valence-electron chi connectivity index (χ0n) is 9.22. The van der Waals surface area contributed by atoms with E-state index in [9.17, 15) is 9.59 Å². The van der Waals surface area contributed by atoms with E-state index in [0.717, 1.165) is 13.0 Å². The average Bonchev–Trinajstić information content (AvgIpc) is 2.14. The Morgan fingerprint density at radius 1 is 1.29 bits per heavy atom. The lowest BCUT2D eigenvalue weighted by Crippen LogP contribution is -2.40. The summed E-state index contributed by atoms with van der Waals surface area (Å²) in [6, 6.07) is 0.166. The SMILES string of the molecule is CCC(CNC)NC(=O)CCC(C)=O. The van der Waals surface area contributed by atoms with Gasteiger partial charge in [0.25, 0.3) is 0 Å². The molecule has 4 heteroatoms. The number of amides is 1. The molecule has 0 rings (SSSR count). The minimum absolute atomic E-state index is 0.0395. The van der Waals surface area contributed by atoms with E-state index in [2.05, 4.69) is 10.6 Å². The Labute approximate surface area is 85.4 Å². The summed E-state index contributed by atoms with van der Waals surface area (Å²) in [6.07, 6.45) is 1.53. The minimum atomic E-state index is -0.0395. The van der Waals surface area contributed by atoms with Gasteiger partial charge in [-0.25, -0.2) is 0 Å². The van der Waals surface area contributed by atoms with E-state index in [4.69, 9.17) is 0 Å². The van der Waals surface area contributed by atoms with Crippen LogP contribution in [0.4, 0.5) is 0 Å². The molecule has 0 aromatic heterocycles. The number of carbonyl (C=O) groups excluding carboxylic acids is 2. The van der Waals surface area contributed by atoms with Gasteiger partial charge in [0.05, 0.1) is 0 Å². The van der Waals surface area contributed by atoms with Crippen LogP contribution in [0.15, 0.2) is 0 Å². The maximum Gasteiger partial charge on any atom is 0.220 e. The third-order valence-corrected chi connectivity index (χ3v) is 2.01. The predicted molar refractivity (Wildman–Crippen MR) is 56.1 cm³/mol. The van der Waals surface area contributed by atoms with Crippen molar-refractivity contribution in [2.24, 2.45) is 0 Å². The van der Waals surface area contributed by atoms with Gasteiger partial charge in [0.1, 0.15) is 5.78 Å². The van der Waals surface area contributed by atoms with Crippen LogP contribution in [0.2, 0.25) is 0 Å². The van der Waals surface area contributed by atoms with Crippen LogP contribution in [0.25, 0.3) is 0 Å². The molecule has 4 nitrogen and oxygen atoms in total. The van der Waals surface area contributed by atoms with Crippen LogP contribution in [0, 0.1) is 0 Å². The van der Waals surface area contributed by atoms with Gasteiger partial charge in [-0.05, 0) is 20.4 Å². The molecule has 0 radical (unpaired) electrons. The van der Waals surface area contributed by atoms with E-state index in [1.165, 1.54) is 6.92 Å². The van der Waals surface area contributed by atoms with E-state index in [0.29, 0.717) is 12.8 Å². The molecule has 0 aliphatic carbocycles. The van der Waals surface area contributed by atoms with Crippen LogP contribution in [0.1, 0.15) is 33.1 Å². The van der Waals surface area contributed by atoms with Gasteiger partial charge in [0, 0.05) is 25.4 Å². The van der Waals surface area contributed by atoms with Crippen molar-refractivity contribution in [1.29, 1.82) is 0 Å². The Kier molecular flexibility index (Phi) is 7.02. The lowest BCUT2D eigenvalue weighted by Gasteiger charge is -2.15. The molecule has 0 aliphatic rings. The second-order valence-corrected chi connectivity index (χ2v) is 3.43. The first-order valence-electron chi connectivity index (χ1n) is 5.03. The van der Waals surface area contributed by atoms with Crippen LogP contribution in [-0.4, -0.2) is 31.3 Å². The largest absolute Gasteiger partial charge is 0.352 e. The van der Waals surface area contributed by atoms with Gasteiger partial charge in [-0.1, -0.05) is 6.92 Å². The van der Waals surface area contributed by atoms with Crippen molar-refractivity contribution in [2.75, 3.05) is 13.6 Å². The maximum absolute atomic E-state index is 11.3. The zero-order valence-corrected chi connectivity index (χ0v) is 9.22. The van der Waals surface area contributed by atoms with Gasteiger partial charge in [0.15, 0.2) is 0 Å². The molecule has 1 amide bonds. The number of hydrogen-bond acceptors (Lipinski definition) is 3. The molecule has 0 spiro atoms. The Morgan fingerprint density at radius 2 is 1.93 bits per heavy atom. The van der Waals surface area contributed by atoms with Crippen molar-refractivity contribution in [1.82, 2.24) is 10.6 Å². The molecule has 0 aliphatic heterocycles. The molecule has 0 aromatic rings. The van der Waals surface area contributed by atoms with E-state index in [1.54, 1.807) is 0 Å². The molecule has 14 heavy (non-hydrogen) atoms.